The molecule has 2 aromatic carbocycles. The zero-order valence-corrected chi connectivity index (χ0v) is 14.3. The van der Waals surface area contributed by atoms with Gasteiger partial charge in [0.05, 0.1) is 5.69 Å². The molecule has 126 valence electrons. The maximum atomic E-state index is 12.1. The van der Waals surface area contributed by atoms with Crippen LogP contribution in [0.1, 0.15) is 5.56 Å². The SMILES string of the molecule is CN(C)c1ccc(/C=C\C(=O)Nc2ccc(-n3cccn3)cc2)cc1. The van der Waals surface area contributed by atoms with E-state index in [1.54, 1.807) is 17.0 Å². The second kappa shape index (κ2) is 7.49. The monoisotopic (exact) mass is 332 g/mol. The van der Waals surface area contributed by atoms with Gasteiger partial charge in [0, 0.05) is 43.9 Å². The van der Waals surface area contributed by atoms with Crippen molar-refractivity contribution in [3.05, 3.63) is 78.6 Å². The van der Waals surface area contributed by atoms with Crippen LogP contribution in [0.4, 0.5) is 11.4 Å². The highest BCUT2D eigenvalue weighted by Gasteiger charge is 2.00. The van der Waals surface area contributed by atoms with Gasteiger partial charge in [0.2, 0.25) is 5.91 Å². The summed E-state index contributed by atoms with van der Waals surface area (Å²) < 4.78 is 1.77. The topological polar surface area (TPSA) is 50.2 Å². The summed E-state index contributed by atoms with van der Waals surface area (Å²) in [5.74, 6) is -0.163. The van der Waals surface area contributed by atoms with E-state index in [4.69, 9.17) is 0 Å². The zero-order chi connectivity index (χ0) is 17.6. The number of rotatable bonds is 5. The van der Waals surface area contributed by atoms with Gasteiger partial charge < -0.3 is 10.2 Å². The number of aromatic nitrogens is 2. The van der Waals surface area contributed by atoms with Crippen LogP contribution in [0.15, 0.2) is 73.1 Å². The molecule has 1 heterocycles. The highest BCUT2D eigenvalue weighted by atomic mass is 16.1. The van der Waals surface area contributed by atoms with Crippen LogP contribution in [0.2, 0.25) is 0 Å². The van der Waals surface area contributed by atoms with Crippen molar-refractivity contribution in [2.45, 2.75) is 0 Å². The lowest BCUT2D eigenvalue weighted by Crippen LogP contribution is -2.08. The van der Waals surface area contributed by atoms with Crippen LogP contribution >= 0.6 is 0 Å². The van der Waals surface area contributed by atoms with Crippen molar-refractivity contribution >= 4 is 23.4 Å². The molecular formula is C20H20N4O. The molecule has 25 heavy (non-hydrogen) atoms. The molecule has 1 N–H and O–H groups in total. The molecule has 1 aromatic heterocycles. The van der Waals surface area contributed by atoms with E-state index in [2.05, 4.69) is 10.4 Å². The lowest BCUT2D eigenvalue weighted by atomic mass is 10.2. The van der Waals surface area contributed by atoms with E-state index in [1.165, 1.54) is 6.08 Å². The van der Waals surface area contributed by atoms with Crippen LogP contribution in [-0.2, 0) is 4.79 Å². The molecule has 3 rings (SSSR count). The molecular weight excluding hydrogens is 312 g/mol. The Bertz CT molecular complexity index is 848. The van der Waals surface area contributed by atoms with Crippen molar-refractivity contribution in [1.29, 1.82) is 0 Å². The second-order valence-electron chi connectivity index (χ2n) is 5.81. The van der Waals surface area contributed by atoms with Gasteiger partial charge >= 0.3 is 0 Å². The van der Waals surface area contributed by atoms with E-state index in [9.17, 15) is 4.79 Å². The number of carbonyl (C=O) groups is 1. The minimum atomic E-state index is -0.163. The van der Waals surface area contributed by atoms with Gasteiger partial charge in [-0.15, -0.1) is 0 Å². The average molecular weight is 332 g/mol. The summed E-state index contributed by atoms with van der Waals surface area (Å²) in [5.41, 5.74) is 3.79. The Kier molecular flexibility index (Phi) is 4.95. The maximum absolute atomic E-state index is 12.1. The van der Waals surface area contributed by atoms with Gasteiger partial charge in [-0.3, -0.25) is 4.79 Å². The first-order chi connectivity index (χ1) is 12.1. The molecule has 0 spiro atoms. The quantitative estimate of drug-likeness (QED) is 0.727. The van der Waals surface area contributed by atoms with Crippen molar-refractivity contribution in [3.63, 3.8) is 0 Å². The summed E-state index contributed by atoms with van der Waals surface area (Å²) in [6.45, 7) is 0. The number of amides is 1. The number of anilines is 2. The van der Waals surface area contributed by atoms with Crippen molar-refractivity contribution in [1.82, 2.24) is 9.78 Å². The lowest BCUT2D eigenvalue weighted by molar-refractivity contribution is -0.111. The predicted molar refractivity (Wildman–Crippen MR) is 102 cm³/mol. The Morgan fingerprint density at radius 1 is 1.08 bits per heavy atom. The Balaban J connectivity index is 1.60. The number of nitrogens with one attached hydrogen (secondary N) is 1. The molecule has 0 saturated heterocycles. The van der Waals surface area contributed by atoms with E-state index < -0.39 is 0 Å². The van der Waals surface area contributed by atoms with E-state index in [-0.39, 0.29) is 5.91 Å². The summed E-state index contributed by atoms with van der Waals surface area (Å²) in [6, 6.07) is 17.4. The first-order valence-electron chi connectivity index (χ1n) is 7.98. The molecule has 1 amide bonds. The fraction of sp³-hybridized carbons (Fsp3) is 0.100. The molecule has 5 nitrogen and oxygen atoms in total. The lowest BCUT2D eigenvalue weighted by Gasteiger charge is -2.11. The third-order valence-electron chi connectivity index (χ3n) is 3.74. The highest BCUT2D eigenvalue weighted by Crippen LogP contribution is 2.14. The number of nitrogens with zero attached hydrogens (tertiary/aromatic N) is 3. The third-order valence-corrected chi connectivity index (χ3v) is 3.74. The van der Waals surface area contributed by atoms with Crippen LogP contribution in [-0.4, -0.2) is 29.8 Å². The average Bonchev–Trinajstić information content (AvgIpc) is 3.15. The first-order valence-corrected chi connectivity index (χ1v) is 7.98. The van der Waals surface area contributed by atoms with Gasteiger partial charge in [-0.1, -0.05) is 12.1 Å². The van der Waals surface area contributed by atoms with E-state index in [0.717, 1.165) is 22.6 Å². The minimum absolute atomic E-state index is 0.163. The van der Waals surface area contributed by atoms with Gasteiger partial charge in [0.25, 0.3) is 0 Å². The minimum Gasteiger partial charge on any atom is -0.378 e. The van der Waals surface area contributed by atoms with Gasteiger partial charge in [0.15, 0.2) is 0 Å². The largest absolute Gasteiger partial charge is 0.378 e. The summed E-state index contributed by atoms with van der Waals surface area (Å²) in [5, 5.41) is 7.02. The zero-order valence-electron chi connectivity index (χ0n) is 14.3. The van der Waals surface area contributed by atoms with E-state index >= 15 is 0 Å². The van der Waals surface area contributed by atoms with Gasteiger partial charge in [-0.25, -0.2) is 4.68 Å². The summed E-state index contributed by atoms with van der Waals surface area (Å²) >= 11 is 0. The van der Waals surface area contributed by atoms with Gasteiger partial charge in [0.1, 0.15) is 0 Å². The van der Waals surface area contributed by atoms with Crippen LogP contribution in [0, 0.1) is 0 Å². The molecule has 0 radical (unpaired) electrons. The predicted octanol–water partition coefficient (Wildman–Crippen LogP) is 3.59. The molecule has 0 aliphatic carbocycles. The smallest absolute Gasteiger partial charge is 0.248 e. The van der Waals surface area contributed by atoms with Crippen LogP contribution in [0.5, 0.6) is 0 Å². The number of benzene rings is 2. The molecule has 3 aromatic rings. The second-order valence-corrected chi connectivity index (χ2v) is 5.81. The Labute approximate surface area is 147 Å². The molecule has 0 aliphatic rings. The summed E-state index contributed by atoms with van der Waals surface area (Å²) in [7, 11) is 3.99. The Morgan fingerprint density at radius 3 is 2.40 bits per heavy atom. The van der Waals surface area contributed by atoms with Crippen molar-refractivity contribution in [3.8, 4) is 5.69 Å². The molecule has 0 fully saturated rings. The molecule has 0 atom stereocenters. The summed E-state index contributed by atoms with van der Waals surface area (Å²) in [4.78, 5) is 14.1. The molecule has 0 saturated carbocycles. The fourth-order valence-corrected chi connectivity index (χ4v) is 2.36. The number of carbonyl (C=O) groups excluding carboxylic acids is 1. The normalized spacial score (nSPS) is 10.8. The van der Waals surface area contributed by atoms with Crippen LogP contribution < -0.4 is 10.2 Å². The maximum Gasteiger partial charge on any atom is 0.248 e. The molecule has 5 heteroatoms. The highest BCUT2D eigenvalue weighted by molar-refractivity contribution is 6.01. The molecule has 0 unspecified atom stereocenters. The van der Waals surface area contributed by atoms with Gasteiger partial charge in [-0.05, 0) is 54.1 Å². The van der Waals surface area contributed by atoms with Gasteiger partial charge in [-0.2, -0.15) is 5.10 Å². The van der Waals surface area contributed by atoms with Crippen LogP contribution in [0.3, 0.4) is 0 Å². The third kappa shape index (κ3) is 4.35. The van der Waals surface area contributed by atoms with Crippen LogP contribution in [0.25, 0.3) is 11.8 Å². The molecule has 0 aliphatic heterocycles. The van der Waals surface area contributed by atoms with E-state index in [0.29, 0.717) is 0 Å². The fourth-order valence-electron chi connectivity index (χ4n) is 2.36. The molecule has 0 bridgehead atoms. The van der Waals surface area contributed by atoms with Crippen molar-refractivity contribution in [2.24, 2.45) is 0 Å². The van der Waals surface area contributed by atoms with Crippen molar-refractivity contribution in [2.75, 3.05) is 24.3 Å². The summed E-state index contributed by atoms with van der Waals surface area (Å²) in [6.07, 6.45) is 6.93. The van der Waals surface area contributed by atoms with E-state index in [1.807, 2.05) is 79.8 Å². The van der Waals surface area contributed by atoms with Crippen molar-refractivity contribution < 1.29 is 4.79 Å². The Hall–Kier alpha value is -3.34. The first kappa shape index (κ1) is 16.5. The number of hydrogen-bond acceptors (Lipinski definition) is 3. The standard InChI is InChI=1S/C20H20N4O/c1-23(2)18-9-4-16(5-10-18)6-13-20(25)22-17-7-11-19(12-8-17)24-15-3-14-21-24/h3-15H,1-2H3,(H,22,25)/b13-6-. The Morgan fingerprint density at radius 2 is 1.80 bits per heavy atom. The number of hydrogen-bond donors (Lipinski definition) is 1.